The van der Waals surface area contributed by atoms with Crippen LogP contribution in [0.5, 0.6) is 11.5 Å². The maximum absolute atomic E-state index is 6.56. The van der Waals surface area contributed by atoms with Crippen LogP contribution in [0.2, 0.25) is 0 Å². The Bertz CT molecular complexity index is 1660. The number of nitrogens with zero attached hydrogens (tertiary/aromatic N) is 4. The van der Waals surface area contributed by atoms with Crippen LogP contribution in [0.25, 0.3) is 27.6 Å². The van der Waals surface area contributed by atoms with Crippen LogP contribution in [0.3, 0.4) is 0 Å². The molecule has 2 aromatic heterocycles. The van der Waals surface area contributed by atoms with Gasteiger partial charge in [0.05, 0.1) is 17.7 Å². The number of anilines is 1. The van der Waals surface area contributed by atoms with Crippen molar-refractivity contribution in [3.8, 4) is 17.3 Å². The molecule has 1 aliphatic rings. The number of hydrogen-bond donors (Lipinski definition) is 0. The van der Waals surface area contributed by atoms with E-state index < -0.39 is 0 Å². The van der Waals surface area contributed by atoms with Crippen molar-refractivity contribution in [2.75, 3.05) is 18.6 Å². The normalized spacial score (nSPS) is 13.8. The first-order chi connectivity index (χ1) is 17.8. The zero-order valence-corrected chi connectivity index (χ0v) is 22.1. The summed E-state index contributed by atoms with van der Waals surface area (Å²) in [7, 11) is 2.08. The van der Waals surface area contributed by atoms with Crippen LogP contribution >= 0.6 is 0 Å². The molecule has 37 heavy (non-hydrogen) atoms. The Morgan fingerprint density at radius 1 is 0.811 bits per heavy atom. The molecule has 0 aliphatic carbocycles. The van der Waals surface area contributed by atoms with Gasteiger partial charge in [-0.3, -0.25) is 4.57 Å². The van der Waals surface area contributed by atoms with E-state index in [-0.39, 0.29) is 5.41 Å². The number of rotatable bonds is 4. The fraction of sp³-hybridized carbons (Fsp3) is 0.219. The molecule has 0 spiro atoms. The number of para-hydroxylation sites is 1. The third-order valence-corrected chi connectivity index (χ3v) is 6.98. The minimum atomic E-state index is -0.00330. The zero-order valence-electron chi connectivity index (χ0n) is 22.1. The quantitative estimate of drug-likeness (QED) is 0.259. The van der Waals surface area contributed by atoms with Gasteiger partial charge < -0.3 is 14.5 Å². The van der Waals surface area contributed by atoms with E-state index in [1.807, 2.05) is 12.3 Å². The van der Waals surface area contributed by atoms with E-state index in [1.54, 1.807) is 0 Å². The topological polar surface area (TPSA) is 33.5 Å². The van der Waals surface area contributed by atoms with E-state index in [0.717, 1.165) is 40.7 Å². The van der Waals surface area contributed by atoms with Crippen LogP contribution in [0, 0.1) is 6.92 Å². The third-order valence-electron chi connectivity index (χ3n) is 6.98. The lowest BCUT2D eigenvalue weighted by atomic mass is 9.86. The maximum Gasteiger partial charge on any atom is 0.137 e. The molecule has 0 amide bonds. The SMILES string of the molecule is Cc1ccnc(-n2c3ccccc3c3ccc(Oc4cc(N5C=CN(C)C5)cc(C(C)(C)C)c4)cc32)c1. The van der Waals surface area contributed by atoms with E-state index in [9.17, 15) is 0 Å². The summed E-state index contributed by atoms with van der Waals surface area (Å²) in [6.45, 7) is 9.63. The Hall–Kier alpha value is -4.25. The summed E-state index contributed by atoms with van der Waals surface area (Å²) in [6.07, 6.45) is 6.08. The average Bonchev–Trinajstić information content (AvgIpc) is 3.44. The number of fused-ring (bicyclic) bond motifs is 3. The predicted octanol–water partition coefficient (Wildman–Crippen LogP) is 7.76. The van der Waals surface area contributed by atoms with Gasteiger partial charge in [-0.25, -0.2) is 4.98 Å². The van der Waals surface area contributed by atoms with Gasteiger partial charge in [0, 0.05) is 54.2 Å². The first-order valence-electron chi connectivity index (χ1n) is 12.7. The van der Waals surface area contributed by atoms with E-state index in [0.29, 0.717) is 0 Å². The predicted molar refractivity (Wildman–Crippen MR) is 153 cm³/mol. The van der Waals surface area contributed by atoms with Gasteiger partial charge in [0.25, 0.3) is 0 Å². The van der Waals surface area contributed by atoms with Crippen LogP contribution in [0.15, 0.2) is 91.4 Å². The molecular formula is C32H32N4O. The molecule has 0 fully saturated rings. The molecular weight excluding hydrogens is 456 g/mol. The molecule has 0 saturated carbocycles. The molecule has 0 atom stereocenters. The second-order valence-corrected chi connectivity index (χ2v) is 11.0. The van der Waals surface area contributed by atoms with Gasteiger partial charge in [-0.2, -0.15) is 0 Å². The standard InChI is InChI=1S/C32H32N4O/c1-22-12-13-33-31(16-22)36-29-9-7-6-8-27(29)28-11-10-25(20-30(28)36)37-26-18-23(32(2,3)4)17-24(19-26)35-15-14-34(5)21-35/h6-20H,21H2,1-5H3. The van der Waals surface area contributed by atoms with Crippen molar-refractivity contribution in [3.05, 3.63) is 103 Å². The van der Waals surface area contributed by atoms with Crippen molar-refractivity contribution in [1.82, 2.24) is 14.5 Å². The second kappa shape index (κ2) is 8.70. The van der Waals surface area contributed by atoms with E-state index in [1.165, 1.54) is 21.9 Å². The fourth-order valence-corrected chi connectivity index (χ4v) is 4.98. The zero-order chi connectivity index (χ0) is 25.7. The largest absolute Gasteiger partial charge is 0.457 e. The smallest absolute Gasteiger partial charge is 0.137 e. The number of benzene rings is 3. The molecule has 186 valence electrons. The molecule has 0 saturated heterocycles. The van der Waals surface area contributed by atoms with Gasteiger partial charge >= 0.3 is 0 Å². The lowest BCUT2D eigenvalue weighted by Gasteiger charge is -2.25. The van der Waals surface area contributed by atoms with Crippen molar-refractivity contribution in [2.45, 2.75) is 33.1 Å². The summed E-state index contributed by atoms with van der Waals surface area (Å²) in [6, 6.07) is 25.5. The minimum Gasteiger partial charge on any atom is -0.457 e. The van der Waals surface area contributed by atoms with Crippen LogP contribution < -0.4 is 9.64 Å². The summed E-state index contributed by atoms with van der Waals surface area (Å²) >= 11 is 0. The van der Waals surface area contributed by atoms with Crippen molar-refractivity contribution < 1.29 is 4.74 Å². The summed E-state index contributed by atoms with van der Waals surface area (Å²) < 4.78 is 8.79. The first-order valence-corrected chi connectivity index (χ1v) is 12.7. The molecule has 0 radical (unpaired) electrons. The number of hydrogen-bond acceptors (Lipinski definition) is 4. The average molecular weight is 489 g/mol. The molecule has 0 bridgehead atoms. The number of aromatic nitrogens is 2. The molecule has 5 nitrogen and oxygen atoms in total. The van der Waals surface area contributed by atoms with E-state index >= 15 is 0 Å². The van der Waals surface area contributed by atoms with Crippen molar-refractivity contribution in [1.29, 1.82) is 0 Å². The van der Waals surface area contributed by atoms with Crippen LogP contribution in [-0.4, -0.2) is 28.2 Å². The maximum atomic E-state index is 6.56. The molecule has 3 aromatic carbocycles. The third kappa shape index (κ3) is 4.31. The van der Waals surface area contributed by atoms with Crippen LogP contribution in [0.4, 0.5) is 5.69 Å². The van der Waals surface area contributed by atoms with Gasteiger partial charge in [0.15, 0.2) is 0 Å². The fourth-order valence-electron chi connectivity index (χ4n) is 4.98. The van der Waals surface area contributed by atoms with E-state index in [2.05, 4.69) is 128 Å². The van der Waals surface area contributed by atoms with Crippen LogP contribution in [0.1, 0.15) is 31.9 Å². The van der Waals surface area contributed by atoms with Gasteiger partial charge in [0.2, 0.25) is 0 Å². The van der Waals surface area contributed by atoms with Gasteiger partial charge in [0.1, 0.15) is 17.3 Å². The molecule has 3 heterocycles. The highest BCUT2D eigenvalue weighted by molar-refractivity contribution is 6.09. The van der Waals surface area contributed by atoms with Crippen molar-refractivity contribution in [3.63, 3.8) is 0 Å². The molecule has 5 aromatic rings. The summed E-state index contributed by atoms with van der Waals surface area (Å²) in [5.74, 6) is 2.54. The first kappa shape index (κ1) is 23.2. The summed E-state index contributed by atoms with van der Waals surface area (Å²) in [4.78, 5) is 9.11. The highest BCUT2D eigenvalue weighted by atomic mass is 16.5. The Kier molecular flexibility index (Phi) is 5.45. The van der Waals surface area contributed by atoms with Gasteiger partial charge in [-0.1, -0.05) is 39.0 Å². The van der Waals surface area contributed by atoms with Crippen molar-refractivity contribution >= 4 is 27.5 Å². The summed E-state index contributed by atoms with van der Waals surface area (Å²) in [5.41, 5.74) is 5.75. The summed E-state index contributed by atoms with van der Waals surface area (Å²) in [5, 5.41) is 2.38. The molecule has 5 heteroatoms. The number of aryl methyl sites for hydroxylation is 1. The highest BCUT2D eigenvalue weighted by Gasteiger charge is 2.20. The van der Waals surface area contributed by atoms with Gasteiger partial charge in [-0.05, 0) is 65.9 Å². The molecule has 0 N–H and O–H groups in total. The van der Waals surface area contributed by atoms with Gasteiger partial charge in [-0.15, -0.1) is 0 Å². The lowest BCUT2D eigenvalue weighted by molar-refractivity contribution is 0.477. The monoisotopic (exact) mass is 488 g/mol. The Morgan fingerprint density at radius 3 is 2.38 bits per heavy atom. The lowest BCUT2D eigenvalue weighted by Crippen LogP contribution is -2.22. The van der Waals surface area contributed by atoms with E-state index in [4.69, 9.17) is 9.72 Å². The second-order valence-electron chi connectivity index (χ2n) is 11.0. The highest BCUT2D eigenvalue weighted by Crippen LogP contribution is 2.37. The number of pyridine rings is 1. The Balaban J connectivity index is 1.47. The van der Waals surface area contributed by atoms with Crippen LogP contribution in [-0.2, 0) is 5.41 Å². The Morgan fingerprint density at radius 2 is 1.62 bits per heavy atom. The molecule has 0 unspecified atom stereocenters. The molecule has 6 rings (SSSR count). The van der Waals surface area contributed by atoms with Crippen molar-refractivity contribution in [2.24, 2.45) is 0 Å². The molecule has 1 aliphatic heterocycles. The minimum absolute atomic E-state index is 0.00330. The Labute approximate surface area is 218 Å². The number of ether oxygens (including phenoxy) is 1.